The molecule has 2 aromatic heterocycles. The number of alkyl carbamates (subject to hydrolysis) is 1. The number of aromatic nitrogens is 3. The highest BCUT2D eigenvalue weighted by molar-refractivity contribution is 5.95. The molecule has 2 aromatic carbocycles. The van der Waals surface area contributed by atoms with E-state index in [4.69, 9.17) is 18.3 Å². The standard InChI is InChI=1S/C31H37N5O6/c1-19-24(32-20(2)40-19)18-36(7)27(37)22-14-15-25(39-8)23(16-22)26-34-35-28(41-26)31(6,17-21-12-10-9-11-13-21)33-29(38)42-30(3,4)5/h9-16H,17-18H2,1-8H3,(H,33,38). The summed E-state index contributed by atoms with van der Waals surface area (Å²) in [4.78, 5) is 32.1. The van der Waals surface area contributed by atoms with Gasteiger partial charge in [-0.05, 0) is 58.4 Å². The number of carbonyl (C=O) groups is 2. The van der Waals surface area contributed by atoms with Crippen LogP contribution in [0, 0.1) is 13.8 Å². The predicted molar refractivity (Wildman–Crippen MR) is 155 cm³/mol. The van der Waals surface area contributed by atoms with Gasteiger partial charge in [0.05, 0.1) is 19.2 Å². The third kappa shape index (κ3) is 7.15. The van der Waals surface area contributed by atoms with Gasteiger partial charge in [-0.2, -0.15) is 0 Å². The van der Waals surface area contributed by atoms with Gasteiger partial charge in [-0.25, -0.2) is 9.78 Å². The molecule has 42 heavy (non-hydrogen) atoms. The molecule has 0 spiro atoms. The normalized spacial score (nSPS) is 12.9. The van der Waals surface area contributed by atoms with E-state index in [-0.39, 0.29) is 24.2 Å². The zero-order valence-electron chi connectivity index (χ0n) is 25.3. The number of nitrogens with one attached hydrogen (secondary N) is 1. The van der Waals surface area contributed by atoms with Gasteiger partial charge in [0.25, 0.3) is 11.8 Å². The molecule has 0 radical (unpaired) electrons. The lowest BCUT2D eigenvalue weighted by molar-refractivity contribution is 0.0443. The van der Waals surface area contributed by atoms with Gasteiger partial charge in [-0.15, -0.1) is 10.2 Å². The highest BCUT2D eigenvalue weighted by atomic mass is 16.6. The van der Waals surface area contributed by atoms with E-state index in [1.54, 1.807) is 64.8 Å². The van der Waals surface area contributed by atoms with Crippen LogP contribution in [0.3, 0.4) is 0 Å². The quantitative estimate of drug-likeness (QED) is 0.270. The monoisotopic (exact) mass is 575 g/mol. The molecule has 0 bridgehead atoms. The summed E-state index contributed by atoms with van der Waals surface area (Å²) < 4.78 is 22.7. The Balaban J connectivity index is 1.65. The van der Waals surface area contributed by atoms with E-state index >= 15 is 0 Å². The molecule has 1 N–H and O–H groups in total. The van der Waals surface area contributed by atoms with Crippen molar-refractivity contribution in [3.8, 4) is 17.2 Å². The molecule has 1 unspecified atom stereocenters. The maximum Gasteiger partial charge on any atom is 0.408 e. The molecule has 0 aliphatic rings. The van der Waals surface area contributed by atoms with Crippen molar-refractivity contribution in [2.24, 2.45) is 0 Å². The lowest BCUT2D eigenvalue weighted by Gasteiger charge is -2.29. The average Bonchev–Trinajstić information content (AvgIpc) is 3.54. The van der Waals surface area contributed by atoms with E-state index < -0.39 is 17.2 Å². The van der Waals surface area contributed by atoms with Crippen LogP contribution in [0.5, 0.6) is 5.75 Å². The molecule has 222 valence electrons. The Bertz CT molecular complexity index is 1560. The summed E-state index contributed by atoms with van der Waals surface area (Å²) in [5.41, 5.74) is 0.656. The van der Waals surface area contributed by atoms with Crippen molar-refractivity contribution in [2.75, 3.05) is 14.2 Å². The van der Waals surface area contributed by atoms with E-state index in [1.165, 1.54) is 7.11 Å². The second-order valence-electron chi connectivity index (χ2n) is 11.3. The van der Waals surface area contributed by atoms with Gasteiger partial charge >= 0.3 is 6.09 Å². The summed E-state index contributed by atoms with van der Waals surface area (Å²) in [6.45, 7) is 11.0. The Morgan fingerprint density at radius 2 is 1.71 bits per heavy atom. The fourth-order valence-electron chi connectivity index (χ4n) is 4.51. The molecule has 11 heteroatoms. The van der Waals surface area contributed by atoms with E-state index in [0.717, 1.165) is 5.56 Å². The number of carbonyl (C=O) groups excluding carboxylic acids is 2. The molecular weight excluding hydrogens is 538 g/mol. The highest BCUT2D eigenvalue weighted by Crippen LogP contribution is 2.34. The molecule has 11 nitrogen and oxygen atoms in total. The number of amides is 2. The van der Waals surface area contributed by atoms with Gasteiger partial charge in [-0.1, -0.05) is 30.3 Å². The van der Waals surface area contributed by atoms with E-state index in [1.807, 2.05) is 37.3 Å². The van der Waals surface area contributed by atoms with E-state index in [2.05, 4.69) is 20.5 Å². The minimum atomic E-state index is -1.11. The van der Waals surface area contributed by atoms with Crippen molar-refractivity contribution < 1.29 is 27.9 Å². The molecule has 2 heterocycles. The molecule has 0 saturated carbocycles. The third-order valence-corrected chi connectivity index (χ3v) is 6.48. The van der Waals surface area contributed by atoms with Crippen LogP contribution in [0.2, 0.25) is 0 Å². The van der Waals surface area contributed by atoms with Crippen molar-refractivity contribution in [3.63, 3.8) is 0 Å². The fraction of sp³-hybridized carbons (Fsp3) is 0.387. The fourth-order valence-corrected chi connectivity index (χ4v) is 4.51. The van der Waals surface area contributed by atoms with Crippen LogP contribution in [-0.2, 0) is 23.2 Å². The van der Waals surface area contributed by atoms with Crippen molar-refractivity contribution in [1.29, 1.82) is 0 Å². The Kier molecular flexibility index (Phi) is 8.70. The highest BCUT2D eigenvalue weighted by Gasteiger charge is 2.37. The number of nitrogens with zero attached hydrogens (tertiary/aromatic N) is 4. The largest absolute Gasteiger partial charge is 0.496 e. The molecule has 4 rings (SSSR count). The zero-order chi connectivity index (χ0) is 30.7. The minimum Gasteiger partial charge on any atom is -0.496 e. The molecule has 2 amide bonds. The van der Waals surface area contributed by atoms with Gasteiger partial charge in [0.2, 0.25) is 5.89 Å². The van der Waals surface area contributed by atoms with Gasteiger partial charge in [0.1, 0.15) is 28.3 Å². The Labute approximate surface area is 245 Å². The van der Waals surface area contributed by atoms with Crippen molar-refractivity contribution in [2.45, 2.75) is 65.6 Å². The number of rotatable bonds is 9. The van der Waals surface area contributed by atoms with Gasteiger partial charge in [0, 0.05) is 26.0 Å². The predicted octanol–water partition coefficient (Wildman–Crippen LogP) is 5.60. The second kappa shape index (κ2) is 12.1. The molecule has 4 aromatic rings. The lowest BCUT2D eigenvalue weighted by atomic mass is 9.92. The van der Waals surface area contributed by atoms with Crippen LogP contribution in [0.4, 0.5) is 4.79 Å². The first-order chi connectivity index (χ1) is 19.8. The van der Waals surface area contributed by atoms with Crippen molar-refractivity contribution in [3.05, 3.63) is 82.9 Å². The lowest BCUT2D eigenvalue weighted by Crippen LogP contribution is -2.47. The molecule has 0 fully saturated rings. The number of benzene rings is 2. The number of aryl methyl sites for hydroxylation is 2. The summed E-state index contributed by atoms with van der Waals surface area (Å²) >= 11 is 0. The number of oxazole rings is 1. The van der Waals surface area contributed by atoms with Crippen LogP contribution >= 0.6 is 0 Å². The Hall–Kier alpha value is -4.67. The summed E-state index contributed by atoms with van der Waals surface area (Å²) in [5.74, 6) is 1.71. The summed E-state index contributed by atoms with van der Waals surface area (Å²) in [6.07, 6.45) is -0.262. The molecule has 0 aliphatic heterocycles. The van der Waals surface area contributed by atoms with Crippen LogP contribution in [0.25, 0.3) is 11.5 Å². The number of ether oxygens (including phenoxy) is 2. The minimum absolute atomic E-state index is 0.132. The van der Waals surface area contributed by atoms with Gasteiger partial charge in [-0.3, -0.25) is 4.79 Å². The topological polar surface area (TPSA) is 133 Å². The van der Waals surface area contributed by atoms with Crippen LogP contribution in [0.1, 0.15) is 66.9 Å². The first-order valence-corrected chi connectivity index (χ1v) is 13.5. The number of methoxy groups -OCH3 is 1. The SMILES string of the molecule is COc1ccc(C(=O)N(C)Cc2nc(C)oc2C)cc1-c1nnc(C(C)(Cc2ccccc2)NC(=O)OC(C)(C)C)o1. The average molecular weight is 576 g/mol. The molecule has 1 atom stereocenters. The summed E-state index contributed by atoms with van der Waals surface area (Å²) in [6, 6.07) is 14.6. The van der Waals surface area contributed by atoms with Crippen molar-refractivity contribution in [1.82, 2.24) is 25.4 Å². The Morgan fingerprint density at radius 1 is 1.00 bits per heavy atom. The van der Waals surface area contributed by atoms with Crippen LogP contribution < -0.4 is 10.1 Å². The first-order valence-electron chi connectivity index (χ1n) is 13.5. The molecule has 0 aliphatic carbocycles. The smallest absolute Gasteiger partial charge is 0.408 e. The summed E-state index contributed by atoms with van der Waals surface area (Å²) in [5, 5.41) is 11.5. The zero-order valence-corrected chi connectivity index (χ0v) is 25.3. The maximum absolute atomic E-state index is 13.4. The van der Waals surface area contributed by atoms with Crippen LogP contribution in [0.15, 0.2) is 57.4 Å². The van der Waals surface area contributed by atoms with Gasteiger partial charge < -0.3 is 28.5 Å². The summed E-state index contributed by atoms with van der Waals surface area (Å²) in [7, 11) is 3.21. The van der Waals surface area contributed by atoms with E-state index in [0.29, 0.717) is 40.6 Å². The number of hydrogen-bond donors (Lipinski definition) is 1. The first kappa shape index (κ1) is 30.3. The van der Waals surface area contributed by atoms with Crippen LogP contribution in [-0.4, -0.2) is 51.8 Å². The molecule has 0 saturated heterocycles. The third-order valence-electron chi connectivity index (χ3n) is 6.48. The second-order valence-corrected chi connectivity index (χ2v) is 11.3. The van der Waals surface area contributed by atoms with E-state index in [9.17, 15) is 9.59 Å². The van der Waals surface area contributed by atoms with Crippen molar-refractivity contribution >= 4 is 12.0 Å². The Morgan fingerprint density at radius 3 is 2.33 bits per heavy atom. The van der Waals surface area contributed by atoms with Gasteiger partial charge in [0.15, 0.2) is 5.89 Å². The molecular formula is C31H37N5O6. The number of hydrogen-bond acceptors (Lipinski definition) is 9. The maximum atomic E-state index is 13.4.